The lowest BCUT2D eigenvalue weighted by Crippen LogP contribution is -2.35. The van der Waals surface area contributed by atoms with Crippen molar-refractivity contribution < 1.29 is 26.4 Å². The van der Waals surface area contributed by atoms with E-state index < -0.39 is 17.9 Å². The lowest BCUT2D eigenvalue weighted by atomic mass is 10.1. The predicted molar refractivity (Wildman–Crippen MR) is 102 cm³/mol. The number of imidazole rings is 1. The van der Waals surface area contributed by atoms with Crippen molar-refractivity contribution in [3.8, 4) is 22.8 Å². The fourth-order valence-corrected chi connectivity index (χ4v) is 3.22. The first-order valence-electron chi connectivity index (χ1n) is 9.13. The number of nitrogens with zero attached hydrogens (tertiary/aromatic N) is 6. The van der Waals surface area contributed by atoms with Gasteiger partial charge in [0.1, 0.15) is 17.0 Å². The van der Waals surface area contributed by atoms with Gasteiger partial charge < -0.3 is 4.42 Å². The normalized spacial score (nSPS) is 12.7. The summed E-state index contributed by atoms with van der Waals surface area (Å²) in [5.41, 5.74) is 1.44. The van der Waals surface area contributed by atoms with Crippen LogP contribution >= 0.6 is 0 Å². The average molecular weight is 446 g/mol. The highest BCUT2D eigenvalue weighted by molar-refractivity contribution is 5.92. The molecule has 1 aromatic carbocycles. The van der Waals surface area contributed by atoms with Crippen molar-refractivity contribution in [2.75, 3.05) is 0 Å². The summed E-state index contributed by atoms with van der Waals surface area (Å²) in [6.45, 7) is 1.82. The molecule has 12 heteroatoms. The first kappa shape index (κ1) is 20.0. The molecule has 0 spiro atoms. The second kappa shape index (κ2) is 6.77. The minimum atomic E-state index is -5.87. The van der Waals surface area contributed by atoms with Crippen LogP contribution in [0.25, 0.3) is 39.5 Å². The van der Waals surface area contributed by atoms with Gasteiger partial charge in [-0.05, 0) is 19.1 Å². The molecule has 5 aromatic rings. The summed E-state index contributed by atoms with van der Waals surface area (Å²) in [6, 6.07) is 9.66. The molecule has 0 aliphatic rings. The first-order chi connectivity index (χ1) is 15.1. The lowest BCUT2D eigenvalue weighted by molar-refractivity contribution is -0.292. The zero-order chi connectivity index (χ0) is 22.7. The Hall–Kier alpha value is -3.96. The molecule has 0 aliphatic heterocycles. The van der Waals surface area contributed by atoms with Gasteiger partial charge in [-0.3, -0.25) is 4.40 Å². The fraction of sp³-hybridized carbons (Fsp3) is 0.150. The minimum absolute atomic E-state index is 0.0514. The molecule has 0 amide bonds. The molecule has 32 heavy (non-hydrogen) atoms. The van der Waals surface area contributed by atoms with Crippen LogP contribution in [-0.4, -0.2) is 35.7 Å². The zero-order valence-corrected chi connectivity index (χ0v) is 16.1. The number of hydrogen-bond donors (Lipinski definition) is 0. The molecule has 0 aliphatic carbocycles. The topological polar surface area (TPSA) is 82.0 Å². The molecule has 0 atom stereocenters. The Labute approximate surface area is 175 Å². The summed E-state index contributed by atoms with van der Waals surface area (Å²) in [5.74, 6) is -6.87. The van der Waals surface area contributed by atoms with Crippen molar-refractivity contribution in [1.82, 2.24) is 29.5 Å². The highest BCUT2D eigenvalue weighted by Gasteiger charge is 2.61. The molecular formula is C20H11F5N6O. The zero-order valence-electron chi connectivity index (χ0n) is 16.1. The van der Waals surface area contributed by atoms with Crippen LogP contribution in [0.3, 0.4) is 0 Å². The van der Waals surface area contributed by atoms with Gasteiger partial charge in [0.2, 0.25) is 12.2 Å². The van der Waals surface area contributed by atoms with Crippen LogP contribution in [0.1, 0.15) is 11.4 Å². The molecule has 0 bridgehead atoms. The molecule has 0 radical (unpaired) electrons. The van der Waals surface area contributed by atoms with Gasteiger partial charge in [-0.25, -0.2) is 15.0 Å². The van der Waals surface area contributed by atoms with E-state index in [2.05, 4.69) is 25.1 Å². The number of rotatable bonds is 3. The Morgan fingerprint density at radius 1 is 0.906 bits per heavy atom. The van der Waals surface area contributed by atoms with E-state index in [4.69, 9.17) is 4.42 Å². The quantitative estimate of drug-likeness (QED) is 0.365. The number of alkyl halides is 5. The second-order valence-corrected chi connectivity index (χ2v) is 7.00. The molecule has 4 aromatic heterocycles. The van der Waals surface area contributed by atoms with Crippen molar-refractivity contribution in [2.45, 2.75) is 19.0 Å². The predicted octanol–water partition coefficient (Wildman–Crippen LogP) is 4.96. The highest BCUT2D eigenvalue weighted by atomic mass is 19.4. The maximum Gasteiger partial charge on any atom is 0.461 e. The van der Waals surface area contributed by atoms with Crippen LogP contribution < -0.4 is 0 Å². The van der Waals surface area contributed by atoms with Crippen LogP contribution in [0.15, 0.2) is 53.4 Å². The molecule has 0 saturated heterocycles. The molecule has 0 unspecified atom stereocenters. The standard InChI is InChI=1S/C20H11F5N6O/c1-10-2-4-11(5-3-10)15-12-6-7-14-27-13(17-30-26-9-32-17)8-31(14)16(12)29-18(28-15)19(21,22)20(23,24)25/h2-9H,1H3. The van der Waals surface area contributed by atoms with Gasteiger partial charge in [0.25, 0.3) is 5.89 Å². The Morgan fingerprint density at radius 2 is 1.66 bits per heavy atom. The number of halogens is 5. The van der Waals surface area contributed by atoms with Gasteiger partial charge in [0.05, 0.1) is 5.69 Å². The lowest BCUT2D eigenvalue weighted by Gasteiger charge is -2.19. The Bertz CT molecular complexity index is 1440. The minimum Gasteiger partial charge on any atom is -0.422 e. The van der Waals surface area contributed by atoms with Gasteiger partial charge in [-0.1, -0.05) is 29.8 Å². The number of benzene rings is 1. The summed E-state index contributed by atoms with van der Waals surface area (Å²) in [6.07, 6.45) is -3.42. The molecule has 7 nitrogen and oxygen atoms in total. The van der Waals surface area contributed by atoms with Gasteiger partial charge in [-0.15, -0.1) is 10.2 Å². The Balaban J connectivity index is 1.85. The average Bonchev–Trinajstić information content (AvgIpc) is 3.42. The fourth-order valence-electron chi connectivity index (χ4n) is 3.22. The van der Waals surface area contributed by atoms with Crippen molar-refractivity contribution in [2.24, 2.45) is 0 Å². The van der Waals surface area contributed by atoms with E-state index in [1.807, 2.05) is 6.92 Å². The maximum atomic E-state index is 14.3. The van der Waals surface area contributed by atoms with Crippen LogP contribution in [0, 0.1) is 6.92 Å². The summed E-state index contributed by atoms with van der Waals surface area (Å²) < 4.78 is 74.3. The van der Waals surface area contributed by atoms with E-state index in [9.17, 15) is 22.0 Å². The molecule has 4 heterocycles. The molecule has 162 valence electrons. The van der Waals surface area contributed by atoms with Crippen LogP contribution in [-0.2, 0) is 5.92 Å². The van der Waals surface area contributed by atoms with E-state index in [1.54, 1.807) is 30.3 Å². The van der Waals surface area contributed by atoms with Gasteiger partial charge in [0, 0.05) is 17.1 Å². The van der Waals surface area contributed by atoms with Gasteiger partial charge in [0.15, 0.2) is 0 Å². The molecule has 0 saturated carbocycles. The summed E-state index contributed by atoms with van der Waals surface area (Å²) in [7, 11) is 0. The third kappa shape index (κ3) is 3.06. The van der Waals surface area contributed by atoms with Crippen LogP contribution in [0.5, 0.6) is 0 Å². The number of aryl methyl sites for hydroxylation is 1. The van der Waals surface area contributed by atoms with Crippen molar-refractivity contribution >= 4 is 16.7 Å². The summed E-state index contributed by atoms with van der Waals surface area (Å²) in [4.78, 5) is 11.5. The smallest absolute Gasteiger partial charge is 0.422 e. The van der Waals surface area contributed by atoms with Gasteiger partial charge in [-0.2, -0.15) is 22.0 Å². The molecular weight excluding hydrogens is 435 g/mol. The van der Waals surface area contributed by atoms with Crippen molar-refractivity contribution in [1.29, 1.82) is 0 Å². The van der Waals surface area contributed by atoms with Crippen molar-refractivity contribution in [3.63, 3.8) is 0 Å². The summed E-state index contributed by atoms with van der Waals surface area (Å²) >= 11 is 0. The van der Waals surface area contributed by atoms with E-state index in [1.165, 1.54) is 16.7 Å². The third-order valence-electron chi connectivity index (χ3n) is 4.83. The Morgan fingerprint density at radius 3 is 2.31 bits per heavy atom. The number of hydrogen-bond acceptors (Lipinski definition) is 6. The second-order valence-electron chi connectivity index (χ2n) is 7.00. The largest absolute Gasteiger partial charge is 0.461 e. The number of aromatic nitrogens is 6. The van der Waals surface area contributed by atoms with Crippen LogP contribution in [0.4, 0.5) is 22.0 Å². The van der Waals surface area contributed by atoms with E-state index in [0.29, 0.717) is 5.56 Å². The Kier molecular flexibility index (Phi) is 4.23. The molecule has 5 rings (SSSR count). The monoisotopic (exact) mass is 446 g/mol. The van der Waals surface area contributed by atoms with E-state index in [-0.39, 0.29) is 34.0 Å². The van der Waals surface area contributed by atoms with E-state index in [0.717, 1.165) is 12.0 Å². The van der Waals surface area contributed by atoms with Gasteiger partial charge >= 0.3 is 12.1 Å². The number of fused-ring (bicyclic) bond motifs is 3. The molecule has 0 N–H and O–H groups in total. The van der Waals surface area contributed by atoms with E-state index >= 15 is 0 Å². The molecule has 0 fully saturated rings. The maximum absolute atomic E-state index is 14.3. The third-order valence-corrected chi connectivity index (χ3v) is 4.83. The highest BCUT2D eigenvalue weighted by Crippen LogP contribution is 2.43. The van der Waals surface area contributed by atoms with Crippen molar-refractivity contribution in [3.05, 3.63) is 60.4 Å². The van der Waals surface area contributed by atoms with Crippen LogP contribution in [0.2, 0.25) is 0 Å². The SMILES string of the molecule is Cc1ccc(-c2nc(C(F)(F)C(F)(F)F)nc3c2ccc2nc(-c4nnco4)cn23)cc1. The number of pyridine rings is 1. The summed E-state index contributed by atoms with van der Waals surface area (Å²) in [5, 5.41) is 7.54. The first-order valence-corrected chi connectivity index (χ1v) is 9.13.